The molecule has 2 aromatic rings. The van der Waals surface area contributed by atoms with E-state index in [4.69, 9.17) is 8.85 Å². The molecular formula is C29H44O3Si2. The second kappa shape index (κ2) is 11.0. The predicted octanol–water partition coefficient (Wildman–Crippen LogP) is 6.03. The SMILES string of the molecule is C=C1[C@H](O)C[C@@H](O[Si](CC)(CC)CC)C[C@H]1O[Si](c1ccccc1)(c1ccccc1)C(C)(C)C. The van der Waals surface area contributed by atoms with E-state index in [1.807, 2.05) is 0 Å². The summed E-state index contributed by atoms with van der Waals surface area (Å²) in [6.45, 7) is 18.0. The fraction of sp³-hybridized carbons (Fsp3) is 0.517. The summed E-state index contributed by atoms with van der Waals surface area (Å²) in [5.74, 6) is 0. The lowest BCUT2D eigenvalue weighted by Gasteiger charge is -2.48. The van der Waals surface area contributed by atoms with Gasteiger partial charge in [0.15, 0.2) is 8.32 Å². The van der Waals surface area contributed by atoms with Crippen LogP contribution in [0, 0.1) is 0 Å². The van der Waals surface area contributed by atoms with Crippen LogP contribution in [0.2, 0.25) is 23.2 Å². The molecule has 0 unspecified atom stereocenters. The Morgan fingerprint density at radius 1 is 0.824 bits per heavy atom. The maximum absolute atomic E-state index is 11.0. The Bertz CT molecular complexity index is 872. The van der Waals surface area contributed by atoms with E-state index in [0.29, 0.717) is 6.42 Å². The molecule has 0 saturated heterocycles. The molecule has 1 N–H and O–H groups in total. The number of aliphatic hydroxyl groups is 1. The number of rotatable bonds is 9. The quantitative estimate of drug-likeness (QED) is 0.340. The first-order chi connectivity index (χ1) is 16.1. The zero-order valence-electron chi connectivity index (χ0n) is 22.0. The maximum atomic E-state index is 11.0. The van der Waals surface area contributed by atoms with Crippen molar-refractivity contribution >= 4 is 27.0 Å². The van der Waals surface area contributed by atoms with Crippen molar-refractivity contribution in [2.24, 2.45) is 0 Å². The molecule has 1 fully saturated rings. The van der Waals surface area contributed by atoms with Gasteiger partial charge in [0.2, 0.25) is 0 Å². The van der Waals surface area contributed by atoms with Crippen LogP contribution in [0.25, 0.3) is 0 Å². The summed E-state index contributed by atoms with van der Waals surface area (Å²) >= 11 is 0. The first-order valence-corrected chi connectivity index (χ1v) is 17.4. The zero-order valence-corrected chi connectivity index (χ0v) is 24.0. The molecule has 34 heavy (non-hydrogen) atoms. The van der Waals surface area contributed by atoms with E-state index >= 15 is 0 Å². The number of hydrogen-bond donors (Lipinski definition) is 1. The zero-order chi connectivity index (χ0) is 25.0. The van der Waals surface area contributed by atoms with E-state index in [1.54, 1.807) is 0 Å². The van der Waals surface area contributed by atoms with E-state index in [9.17, 15) is 5.11 Å². The van der Waals surface area contributed by atoms with Gasteiger partial charge in [0, 0.05) is 12.8 Å². The molecule has 0 spiro atoms. The van der Waals surface area contributed by atoms with Crippen LogP contribution in [0.3, 0.4) is 0 Å². The van der Waals surface area contributed by atoms with Gasteiger partial charge in [-0.1, -0.05) is 109 Å². The van der Waals surface area contributed by atoms with Crippen LogP contribution in [-0.4, -0.2) is 40.1 Å². The smallest absolute Gasteiger partial charge is 0.261 e. The van der Waals surface area contributed by atoms with E-state index in [-0.39, 0.29) is 17.2 Å². The van der Waals surface area contributed by atoms with Crippen molar-refractivity contribution in [3.05, 3.63) is 72.8 Å². The Kier molecular flexibility index (Phi) is 8.80. The fourth-order valence-corrected chi connectivity index (χ4v) is 13.2. The van der Waals surface area contributed by atoms with E-state index in [0.717, 1.165) is 30.1 Å². The summed E-state index contributed by atoms with van der Waals surface area (Å²) in [6.07, 6.45) is 0.551. The van der Waals surface area contributed by atoms with Crippen molar-refractivity contribution in [2.45, 2.75) is 95.9 Å². The third-order valence-corrected chi connectivity index (χ3v) is 17.6. The van der Waals surface area contributed by atoms with Crippen LogP contribution in [0.15, 0.2) is 72.8 Å². The highest BCUT2D eigenvalue weighted by Crippen LogP contribution is 2.41. The fourth-order valence-electron chi connectivity index (χ4n) is 5.58. The Labute approximate surface area is 209 Å². The van der Waals surface area contributed by atoms with Gasteiger partial charge in [-0.2, -0.15) is 0 Å². The summed E-state index contributed by atoms with van der Waals surface area (Å²) in [5, 5.41) is 13.4. The van der Waals surface area contributed by atoms with Gasteiger partial charge in [-0.05, 0) is 39.1 Å². The van der Waals surface area contributed by atoms with Crippen molar-refractivity contribution in [3.8, 4) is 0 Å². The molecule has 5 heteroatoms. The van der Waals surface area contributed by atoms with Crippen molar-refractivity contribution < 1.29 is 14.0 Å². The Morgan fingerprint density at radius 2 is 1.29 bits per heavy atom. The standard InChI is InChI=1S/C29H44O3Si2/c1-8-33(9-2,10-3)31-24-21-27(30)23(4)28(22-24)32-34(29(5,6)7,25-17-13-11-14-18-25)26-19-15-12-16-20-26/h11-20,24,27-28,30H,4,8-10,21-22H2,1-3,5-7H3/t24-,27-,28-/m1/s1. The van der Waals surface area contributed by atoms with Gasteiger partial charge in [-0.3, -0.25) is 0 Å². The van der Waals surface area contributed by atoms with E-state index < -0.39 is 22.7 Å². The van der Waals surface area contributed by atoms with Crippen LogP contribution in [0.4, 0.5) is 0 Å². The number of benzene rings is 2. The molecule has 0 aliphatic heterocycles. The monoisotopic (exact) mass is 496 g/mol. The molecule has 3 atom stereocenters. The van der Waals surface area contributed by atoms with E-state index in [2.05, 4.69) is 109 Å². The molecule has 0 heterocycles. The summed E-state index contributed by atoms with van der Waals surface area (Å²) in [7, 11) is -4.53. The van der Waals surface area contributed by atoms with Gasteiger partial charge >= 0.3 is 0 Å². The first-order valence-electron chi connectivity index (χ1n) is 13.0. The average molecular weight is 497 g/mol. The highest BCUT2D eigenvalue weighted by atomic mass is 28.4. The molecular weight excluding hydrogens is 452 g/mol. The molecule has 0 radical (unpaired) electrons. The molecule has 1 aliphatic carbocycles. The Hall–Kier alpha value is -1.51. The van der Waals surface area contributed by atoms with Crippen LogP contribution < -0.4 is 10.4 Å². The highest BCUT2D eigenvalue weighted by Gasteiger charge is 2.53. The van der Waals surface area contributed by atoms with Gasteiger partial charge in [0.25, 0.3) is 8.32 Å². The predicted molar refractivity (Wildman–Crippen MR) is 149 cm³/mol. The summed E-state index contributed by atoms with van der Waals surface area (Å²) in [5.41, 5.74) is 0.796. The minimum Gasteiger partial charge on any atom is -0.414 e. The summed E-state index contributed by atoms with van der Waals surface area (Å²) in [4.78, 5) is 0. The molecule has 1 saturated carbocycles. The molecule has 0 bridgehead atoms. The number of hydrogen-bond acceptors (Lipinski definition) is 3. The lowest BCUT2D eigenvalue weighted by molar-refractivity contribution is 0.0293. The van der Waals surface area contributed by atoms with Crippen molar-refractivity contribution in [2.75, 3.05) is 0 Å². The average Bonchev–Trinajstić information content (AvgIpc) is 2.84. The summed E-state index contributed by atoms with van der Waals surface area (Å²) in [6, 6.07) is 24.7. The molecule has 3 rings (SSSR count). The Balaban J connectivity index is 2.05. The number of aliphatic hydroxyl groups excluding tert-OH is 1. The molecule has 0 amide bonds. The Morgan fingerprint density at radius 3 is 1.71 bits per heavy atom. The summed E-state index contributed by atoms with van der Waals surface area (Å²) < 4.78 is 14.2. The largest absolute Gasteiger partial charge is 0.414 e. The second-order valence-electron chi connectivity index (χ2n) is 10.8. The third kappa shape index (κ3) is 5.34. The van der Waals surface area contributed by atoms with Crippen molar-refractivity contribution in [1.29, 1.82) is 0 Å². The van der Waals surface area contributed by atoms with Gasteiger partial charge in [0.1, 0.15) is 0 Å². The third-order valence-electron chi connectivity index (χ3n) is 7.89. The molecule has 0 aromatic heterocycles. The highest BCUT2D eigenvalue weighted by molar-refractivity contribution is 6.99. The molecule has 1 aliphatic rings. The minimum absolute atomic E-state index is 0.00947. The van der Waals surface area contributed by atoms with Crippen LogP contribution in [0.5, 0.6) is 0 Å². The van der Waals surface area contributed by atoms with Gasteiger partial charge in [-0.25, -0.2) is 0 Å². The van der Waals surface area contributed by atoms with Crippen molar-refractivity contribution in [3.63, 3.8) is 0 Å². The lowest BCUT2D eigenvalue weighted by atomic mass is 9.89. The first kappa shape index (κ1) is 27.1. The van der Waals surface area contributed by atoms with Gasteiger partial charge in [-0.15, -0.1) is 0 Å². The van der Waals surface area contributed by atoms with E-state index in [1.165, 1.54) is 10.4 Å². The second-order valence-corrected chi connectivity index (χ2v) is 19.8. The normalized spacial score (nSPS) is 22.1. The molecule has 2 aromatic carbocycles. The van der Waals surface area contributed by atoms with Crippen LogP contribution in [0.1, 0.15) is 54.4 Å². The van der Waals surface area contributed by atoms with Crippen LogP contribution >= 0.6 is 0 Å². The molecule has 186 valence electrons. The van der Waals surface area contributed by atoms with Gasteiger partial charge < -0.3 is 14.0 Å². The molecule has 3 nitrogen and oxygen atoms in total. The van der Waals surface area contributed by atoms with Crippen LogP contribution in [-0.2, 0) is 8.85 Å². The topological polar surface area (TPSA) is 38.7 Å². The van der Waals surface area contributed by atoms with Gasteiger partial charge in [0.05, 0.1) is 18.3 Å². The van der Waals surface area contributed by atoms with Crippen molar-refractivity contribution in [1.82, 2.24) is 0 Å². The minimum atomic E-state index is -2.74. The lowest BCUT2D eigenvalue weighted by Crippen LogP contribution is -2.68. The maximum Gasteiger partial charge on any atom is 0.261 e.